The van der Waals surface area contributed by atoms with Gasteiger partial charge in [0.25, 0.3) is 0 Å². The normalized spacial score (nSPS) is 18.6. The summed E-state index contributed by atoms with van der Waals surface area (Å²) in [5.74, 6) is 2.61. The van der Waals surface area contributed by atoms with Crippen LogP contribution in [0.4, 0.5) is 25.5 Å². The fourth-order valence-corrected chi connectivity index (χ4v) is 4.44. The maximum Gasteiger partial charge on any atom is 0.414 e. The average molecular weight is 447 g/mol. The van der Waals surface area contributed by atoms with E-state index in [9.17, 15) is 14.0 Å². The maximum absolute atomic E-state index is 14.9. The number of anilines is 2. The van der Waals surface area contributed by atoms with E-state index in [0.29, 0.717) is 16.8 Å². The second-order valence-electron chi connectivity index (χ2n) is 7.16. The average Bonchev–Trinajstić information content (AvgIpc) is 3.18. The molecule has 8 nitrogen and oxygen atoms in total. The molecule has 4 rings (SSSR count). The van der Waals surface area contributed by atoms with Crippen LogP contribution in [-0.2, 0) is 9.47 Å². The van der Waals surface area contributed by atoms with Gasteiger partial charge < -0.3 is 19.7 Å². The number of ether oxygens (including phenoxy) is 2. The lowest BCUT2D eigenvalue weighted by Crippen LogP contribution is -2.34. The van der Waals surface area contributed by atoms with Crippen molar-refractivity contribution in [3.63, 3.8) is 0 Å². The molecular weight excluding hydrogens is 423 g/mol. The molecule has 1 aromatic carbocycles. The number of benzene rings is 1. The first-order chi connectivity index (χ1) is 15.0. The summed E-state index contributed by atoms with van der Waals surface area (Å²) in [6.45, 7) is 2.24. The van der Waals surface area contributed by atoms with Gasteiger partial charge in [0.15, 0.2) is 0 Å². The fraction of sp³-hybridized carbons (Fsp3) is 0.381. The Morgan fingerprint density at radius 2 is 2.13 bits per heavy atom. The number of cyclic esters (lactones) is 1. The van der Waals surface area contributed by atoms with E-state index in [-0.39, 0.29) is 13.1 Å². The third kappa shape index (κ3) is 4.84. The molecule has 1 unspecified atom stereocenters. The van der Waals surface area contributed by atoms with Crippen molar-refractivity contribution in [2.45, 2.75) is 6.10 Å². The van der Waals surface area contributed by atoms with Crippen molar-refractivity contribution in [1.29, 1.82) is 0 Å². The molecule has 2 aliphatic heterocycles. The summed E-state index contributed by atoms with van der Waals surface area (Å²) < 4.78 is 24.6. The summed E-state index contributed by atoms with van der Waals surface area (Å²) in [5, 5.41) is 2.49. The third-order valence-electron chi connectivity index (χ3n) is 5.19. The molecule has 2 saturated heterocycles. The Hall–Kier alpha value is -3.01. The van der Waals surface area contributed by atoms with Crippen LogP contribution in [0.15, 0.2) is 36.5 Å². The lowest BCUT2D eigenvalue weighted by atomic mass is 10.1. The number of carbonyl (C=O) groups excluding carboxylic acids is 2. The van der Waals surface area contributed by atoms with Crippen molar-refractivity contribution in [3.8, 4) is 11.1 Å². The fourth-order valence-electron chi connectivity index (χ4n) is 3.54. The van der Waals surface area contributed by atoms with Crippen LogP contribution in [-0.4, -0.2) is 68.1 Å². The summed E-state index contributed by atoms with van der Waals surface area (Å²) in [7, 11) is 1.25. The molecule has 0 spiro atoms. The molecule has 164 valence electrons. The quantitative estimate of drug-likeness (QED) is 0.756. The van der Waals surface area contributed by atoms with Crippen LogP contribution in [0.1, 0.15) is 0 Å². The van der Waals surface area contributed by atoms with Crippen molar-refractivity contribution < 1.29 is 23.5 Å². The largest absolute Gasteiger partial charge is 0.453 e. The highest BCUT2D eigenvalue weighted by Gasteiger charge is 2.33. The zero-order valence-electron chi connectivity index (χ0n) is 17.0. The number of halogens is 1. The van der Waals surface area contributed by atoms with Crippen molar-refractivity contribution >= 4 is 35.5 Å². The Balaban J connectivity index is 1.44. The number of methoxy groups -OCH3 is 1. The summed E-state index contributed by atoms with van der Waals surface area (Å²) in [4.78, 5) is 31.4. The Labute approximate surface area is 183 Å². The van der Waals surface area contributed by atoms with E-state index in [0.717, 1.165) is 30.4 Å². The van der Waals surface area contributed by atoms with Crippen LogP contribution >= 0.6 is 11.8 Å². The second-order valence-corrected chi connectivity index (χ2v) is 8.38. The number of thioether (sulfide) groups is 1. The molecule has 0 bridgehead atoms. The SMILES string of the molecule is COC(=O)NCC1CN(c2ccc(-c3ccc(N4CCSCC4)nc3)c(F)c2)C(=O)O1. The first-order valence-electron chi connectivity index (χ1n) is 9.94. The van der Waals surface area contributed by atoms with E-state index in [1.54, 1.807) is 18.3 Å². The van der Waals surface area contributed by atoms with Gasteiger partial charge in [0, 0.05) is 41.9 Å². The van der Waals surface area contributed by atoms with Crippen LogP contribution < -0.4 is 15.1 Å². The van der Waals surface area contributed by atoms with Crippen molar-refractivity contribution in [3.05, 3.63) is 42.3 Å². The van der Waals surface area contributed by atoms with E-state index in [4.69, 9.17) is 4.74 Å². The van der Waals surface area contributed by atoms with Gasteiger partial charge in [-0.1, -0.05) is 0 Å². The molecule has 2 amide bonds. The van der Waals surface area contributed by atoms with Crippen molar-refractivity contribution in [1.82, 2.24) is 10.3 Å². The number of carbonyl (C=O) groups is 2. The zero-order valence-corrected chi connectivity index (χ0v) is 17.9. The molecule has 0 saturated carbocycles. The Morgan fingerprint density at radius 3 is 2.81 bits per heavy atom. The van der Waals surface area contributed by atoms with Crippen LogP contribution in [0.3, 0.4) is 0 Å². The van der Waals surface area contributed by atoms with E-state index in [1.807, 2.05) is 23.9 Å². The van der Waals surface area contributed by atoms with Gasteiger partial charge in [-0.2, -0.15) is 11.8 Å². The number of nitrogens with one attached hydrogen (secondary N) is 1. The number of alkyl carbamates (subject to hydrolysis) is 1. The van der Waals surface area contributed by atoms with Crippen molar-refractivity contribution in [2.75, 3.05) is 54.6 Å². The molecule has 2 aliphatic rings. The van der Waals surface area contributed by atoms with E-state index in [1.165, 1.54) is 18.1 Å². The summed E-state index contributed by atoms with van der Waals surface area (Å²) in [6, 6.07) is 8.39. The lowest BCUT2D eigenvalue weighted by molar-refractivity contribution is 0.132. The smallest absolute Gasteiger partial charge is 0.414 e. The van der Waals surface area contributed by atoms with Crippen LogP contribution in [0.25, 0.3) is 11.1 Å². The number of amides is 2. The zero-order chi connectivity index (χ0) is 21.8. The molecule has 2 fully saturated rings. The first kappa shape index (κ1) is 21.2. The molecule has 0 aliphatic carbocycles. The van der Waals surface area contributed by atoms with E-state index in [2.05, 4.69) is 19.9 Å². The second kappa shape index (κ2) is 9.42. The molecule has 1 aromatic heterocycles. The van der Waals surface area contributed by atoms with Gasteiger partial charge in [0.1, 0.15) is 17.7 Å². The van der Waals surface area contributed by atoms with Gasteiger partial charge in [-0.3, -0.25) is 4.90 Å². The van der Waals surface area contributed by atoms with Gasteiger partial charge in [-0.25, -0.2) is 19.0 Å². The van der Waals surface area contributed by atoms with Crippen LogP contribution in [0.2, 0.25) is 0 Å². The standard InChI is InChI=1S/C21H23FN4O4S/c1-29-20(27)24-12-16-13-26(21(28)30-16)15-3-4-17(18(22)10-15)14-2-5-19(23-11-14)25-6-8-31-9-7-25/h2-5,10-11,16H,6-9,12-13H2,1H3,(H,24,27). The first-order valence-corrected chi connectivity index (χ1v) is 11.1. The molecular formula is C21H23FN4O4S. The predicted octanol–water partition coefficient (Wildman–Crippen LogP) is 3.12. The van der Waals surface area contributed by atoms with Gasteiger partial charge >= 0.3 is 12.2 Å². The van der Waals surface area contributed by atoms with Crippen molar-refractivity contribution in [2.24, 2.45) is 0 Å². The highest BCUT2D eigenvalue weighted by Crippen LogP contribution is 2.29. The number of aromatic nitrogens is 1. The minimum atomic E-state index is -0.608. The molecule has 2 aromatic rings. The third-order valence-corrected chi connectivity index (χ3v) is 6.13. The number of nitrogens with zero attached hydrogens (tertiary/aromatic N) is 3. The molecule has 10 heteroatoms. The molecule has 0 radical (unpaired) electrons. The minimum Gasteiger partial charge on any atom is -0.453 e. The Kier molecular flexibility index (Phi) is 6.45. The van der Waals surface area contributed by atoms with Gasteiger partial charge in [-0.05, 0) is 30.3 Å². The Bertz CT molecular complexity index is 953. The number of pyridine rings is 1. The predicted molar refractivity (Wildman–Crippen MR) is 117 cm³/mol. The molecule has 3 heterocycles. The highest BCUT2D eigenvalue weighted by molar-refractivity contribution is 7.99. The maximum atomic E-state index is 14.9. The van der Waals surface area contributed by atoms with E-state index < -0.39 is 24.1 Å². The number of hydrogen-bond acceptors (Lipinski definition) is 7. The van der Waals surface area contributed by atoms with Gasteiger partial charge in [-0.15, -0.1) is 0 Å². The van der Waals surface area contributed by atoms with Crippen LogP contribution in [0, 0.1) is 5.82 Å². The molecule has 1 atom stereocenters. The van der Waals surface area contributed by atoms with Crippen LogP contribution in [0.5, 0.6) is 0 Å². The van der Waals surface area contributed by atoms with E-state index >= 15 is 0 Å². The number of rotatable bonds is 5. The summed E-state index contributed by atoms with van der Waals surface area (Å²) >= 11 is 1.93. The van der Waals surface area contributed by atoms with Gasteiger partial charge in [0.2, 0.25) is 0 Å². The highest BCUT2D eigenvalue weighted by atomic mass is 32.2. The monoisotopic (exact) mass is 446 g/mol. The summed E-state index contributed by atoms with van der Waals surface area (Å²) in [6.07, 6.45) is -0.0640. The minimum absolute atomic E-state index is 0.114. The summed E-state index contributed by atoms with van der Waals surface area (Å²) in [5.41, 5.74) is 1.47. The molecule has 31 heavy (non-hydrogen) atoms. The number of hydrogen-bond donors (Lipinski definition) is 1. The topological polar surface area (TPSA) is 84.0 Å². The van der Waals surface area contributed by atoms with Gasteiger partial charge in [0.05, 0.1) is 25.9 Å². The Morgan fingerprint density at radius 1 is 1.32 bits per heavy atom. The lowest BCUT2D eigenvalue weighted by Gasteiger charge is -2.27. The molecule has 1 N–H and O–H groups in total.